The van der Waals surface area contributed by atoms with Gasteiger partial charge in [0, 0.05) is 11.8 Å². The van der Waals surface area contributed by atoms with E-state index in [1.807, 2.05) is 0 Å². The Hall–Kier alpha value is -2.23. The van der Waals surface area contributed by atoms with Crippen LogP contribution in [0.1, 0.15) is 30.0 Å². The molecule has 0 atom stereocenters. The van der Waals surface area contributed by atoms with Gasteiger partial charge in [-0.2, -0.15) is 5.26 Å². The van der Waals surface area contributed by atoms with Crippen molar-refractivity contribution in [3.8, 4) is 6.07 Å². The zero-order valence-corrected chi connectivity index (χ0v) is 9.50. The van der Waals surface area contributed by atoms with Crippen LogP contribution >= 0.6 is 0 Å². The highest BCUT2D eigenvalue weighted by atomic mass is 19.3. The summed E-state index contributed by atoms with van der Waals surface area (Å²) in [5.41, 5.74) is -2.11. The molecule has 0 aliphatic heterocycles. The molecule has 0 fully saturated rings. The molecule has 1 aromatic rings. The molecule has 18 heavy (non-hydrogen) atoms. The van der Waals surface area contributed by atoms with Gasteiger partial charge in [-0.25, -0.2) is 8.78 Å². The fraction of sp³-hybridized carbons (Fsp3) is 0.364. The second-order valence-electron chi connectivity index (χ2n) is 3.32. The Labute approximate surface area is 101 Å². The summed E-state index contributed by atoms with van der Waals surface area (Å²) in [6.07, 6.45) is -2.63. The summed E-state index contributed by atoms with van der Waals surface area (Å²) in [4.78, 5) is 24.8. The summed E-state index contributed by atoms with van der Waals surface area (Å²) >= 11 is 0. The summed E-state index contributed by atoms with van der Waals surface area (Å²) in [5, 5.41) is 8.83. The molecule has 7 heteroatoms. The van der Waals surface area contributed by atoms with Gasteiger partial charge in [0.25, 0.3) is 12.0 Å². The Balaban J connectivity index is 3.25. The summed E-state index contributed by atoms with van der Waals surface area (Å²) in [6, 6.07) is 1.53. The van der Waals surface area contributed by atoms with E-state index < -0.39 is 35.5 Å². The number of nitrogens with zero attached hydrogens (tertiary/aromatic N) is 1. The van der Waals surface area contributed by atoms with E-state index in [9.17, 15) is 18.4 Å². The van der Waals surface area contributed by atoms with Crippen molar-refractivity contribution in [1.29, 1.82) is 5.26 Å². The Morgan fingerprint density at radius 2 is 2.28 bits per heavy atom. The number of pyridine rings is 1. The van der Waals surface area contributed by atoms with Gasteiger partial charge in [0.05, 0.1) is 24.2 Å². The maximum Gasteiger partial charge on any atom is 0.310 e. The van der Waals surface area contributed by atoms with Crippen LogP contribution < -0.4 is 5.56 Å². The molecule has 0 saturated heterocycles. The minimum Gasteiger partial charge on any atom is -0.466 e. The number of carbonyl (C=O) groups is 1. The van der Waals surface area contributed by atoms with Gasteiger partial charge in [-0.3, -0.25) is 9.59 Å². The first-order valence-corrected chi connectivity index (χ1v) is 5.09. The van der Waals surface area contributed by atoms with Crippen molar-refractivity contribution >= 4 is 5.97 Å². The molecule has 0 aliphatic carbocycles. The van der Waals surface area contributed by atoms with Crippen LogP contribution in [0.4, 0.5) is 8.78 Å². The highest BCUT2D eigenvalue weighted by molar-refractivity contribution is 5.73. The first-order chi connectivity index (χ1) is 8.51. The van der Waals surface area contributed by atoms with Crippen molar-refractivity contribution in [2.45, 2.75) is 19.8 Å². The first kappa shape index (κ1) is 13.8. The van der Waals surface area contributed by atoms with Crippen LogP contribution in [0.3, 0.4) is 0 Å². The molecule has 1 rings (SSSR count). The molecule has 0 bridgehead atoms. The molecule has 0 radical (unpaired) electrons. The molecule has 5 nitrogen and oxygen atoms in total. The molecule has 0 aromatic carbocycles. The van der Waals surface area contributed by atoms with Crippen molar-refractivity contribution in [3.05, 3.63) is 33.2 Å². The van der Waals surface area contributed by atoms with Crippen molar-refractivity contribution in [2.24, 2.45) is 0 Å². The number of hydrogen-bond donors (Lipinski definition) is 1. The second-order valence-corrected chi connectivity index (χ2v) is 3.32. The topological polar surface area (TPSA) is 82.9 Å². The molecule has 0 saturated carbocycles. The lowest BCUT2D eigenvalue weighted by molar-refractivity contribution is -0.142. The number of H-pyrrole nitrogens is 1. The summed E-state index contributed by atoms with van der Waals surface area (Å²) in [6.45, 7) is 1.68. The second kappa shape index (κ2) is 5.91. The number of aromatic amines is 1. The van der Waals surface area contributed by atoms with Crippen molar-refractivity contribution < 1.29 is 18.3 Å². The lowest BCUT2D eigenvalue weighted by Gasteiger charge is -2.07. The maximum atomic E-state index is 12.6. The fourth-order valence-corrected chi connectivity index (χ4v) is 1.42. The number of nitriles is 1. The first-order valence-electron chi connectivity index (χ1n) is 5.09. The van der Waals surface area contributed by atoms with E-state index in [-0.39, 0.29) is 12.2 Å². The number of nitrogens with one attached hydrogen (secondary N) is 1. The van der Waals surface area contributed by atoms with E-state index in [1.54, 1.807) is 6.92 Å². The SMILES string of the molecule is CCOC(=O)Cc1c(C#N)c(C(F)F)c[nH]c1=O. The van der Waals surface area contributed by atoms with Gasteiger partial charge in [-0.15, -0.1) is 0 Å². The lowest BCUT2D eigenvalue weighted by Crippen LogP contribution is -2.21. The standard InChI is InChI=1S/C11H10F2N2O3/c1-2-18-9(16)3-6-7(4-14)8(10(12)13)5-15-11(6)17/h5,10H,2-3H2,1H3,(H,15,17). The molecule has 1 aromatic heterocycles. The Bertz CT molecular complexity index is 546. The third kappa shape index (κ3) is 2.91. The number of carbonyl (C=O) groups excluding carboxylic acids is 1. The highest BCUT2D eigenvalue weighted by Gasteiger charge is 2.21. The average Bonchev–Trinajstić information content (AvgIpc) is 2.31. The number of alkyl halides is 2. The van der Waals surface area contributed by atoms with E-state index in [1.165, 1.54) is 6.07 Å². The van der Waals surface area contributed by atoms with Crippen LogP contribution in [-0.4, -0.2) is 17.6 Å². The third-order valence-electron chi connectivity index (χ3n) is 2.20. The van der Waals surface area contributed by atoms with Gasteiger partial charge in [-0.05, 0) is 6.92 Å². The molecule has 0 aliphatic rings. The molecule has 0 amide bonds. The Kier molecular flexibility index (Phi) is 4.54. The number of esters is 1. The molecule has 1 N–H and O–H groups in total. The smallest absolute Gasteiger partial charge is 0.310 e. The van der Waals surface area contributed by atoms with E-state index in [0.717, 1.165) is 6.20 Å². The fourth-order valence-electron chi connectivity index (χ4n) is 1.42. The van der Waals surface area contributed by atoms with Crippen molar-refractivity contribution in [3.63, 3.8) is 0 Å². The van der Waals surface area contributed by atoms with Gasteiger partial charge in [0.15, 0.2) is 0 Å². The molecule has 1 heterocycles. The summed E-state index contributed by atoms with van der Waals surface area (Å²) in [5.74, 6) is -0.745. The number of halogens is 2. The minimum absolute atomic E-state index is 0.104. The predicted molar refractivity (Wildman–Crippen MR) is 57.1 cm³/mol. The Morgan fingerprint density at radius 3 is 2.78 bits per heavy atom. The maximum absolute atomic E-state index is 12.6. The molecule has 0 spiro atoms. The monoisotopic (exact) mass is 256 g/mol. The van der Waals surface area contributed by atoms with Crippen LogP contribution in [0.5, 0.6) is 0 Å². The zero-order chi connectivity index (χ0) is 13.7. The Morgan fingerprint density at radius 1 is 1.61 bits per heavy atom. The number of rotatable bonds is 4. The van der Waals surface area contributed by atoms with Crippen LogP contribution in [0.15, 0.2) is 11.0 Å². The van der Waals surface area contributed by atoms with Gasteiger partial charge in [0.1, 0.15) is 6.07 Å². The van der Waals surface area contributed by atoms with E-state index in [2.05, 4.69) is 9.72 Å². The quantitative estimate of drug-likeness (QED) is 0.823. The van der Waals surface area contributed by atoms with Gasteiger partial charge >= 0.3 is 5.97 Å². The van der Waals surface area contributed by atoms with E-state index in [4.69, 9.17) is 5.26 Å². The van der Waals surface area contributed by atoms with Crippen LogP contribution in [0.25, 0.3) is 0 Å². The third-order valence-corrected chi connectivity index (χ3v) is 2.20. The molecule has 0 unspecified atom stereocenters. The molecule has 96 valence electrons. The largest absolute Gasteiger partial charge is 0.466 e. The lowest BCUT2D eigenvalue weighted by atomic mass is 10.0. The minimum atomic E-state index is -2.91. The van der Waals surface area contributed by atoms with Crippen molar-refractivity contribution in [1.82, 2.24) is 4.98 Å². The van der Waals surface area contributed by atoms with Crippen LogP contribution in [0.2, 0.25) is 0 Å². The van der Waals surface area contributed by atoms with E-state index >= 15 is 0 Å². The van der Waals surface area contributed by atoms with Crippen LogP contribution in [-0.2, 0) is 16.0 Å². The highest BCUT2D eigenvalue weighted by Crippen LogP contribution is 2.22. The number of ether oxygens (including phenoxy) is 1. The molecular formula is C11H10F2N2O3. The van der Waals surface area contributed by atoms with Gasteiger partial charge in [0.2, 0.25) is 0 Å². The predicted octanol–water partition coefficient (Wildman–Crippen LogP) is 1.29. The van der Waals surface area contributed by atoms with Gasteiger partial charge in [-0.1, -0.05) is 0 Å². The number of hydrogen-bond acceptors (Lipinski definition) is 4. The van der Waals surface area contributed by atoms with Gasteiger partial charge < -0.3 is 9.72 Å². The zero-order valence-electron chi connectivity index (χ0n) is 9.50. The summed E-state index contributed by atoms with van der Waals surface area (Å²) in [7, 11) is 0. The average molecular weight is 256 g/mol. The summed E-state index contributed by atoms with van der Waals surface area (Å²) < 4.78 is 29.9. The number of aromatic nitrogens is 1. The van der Waals surface area contributed by atoms with Crippen molar-refractivity contribution in [2.75, 3.05) is 6.61 Å². The van der Waals surface area contributed by atoms with E-state index in [0.29, 0.717) is 0 Å². The van der Waals surface area contributed by atoms with Crippen LogP contribution in [0, 0.1) is 11.3 Å². The normalized spacial score (nSPS) is 10.2. The molecular weight excluding hydrogens is 246 g/mol.